The van der Waals surface area contributed by atoms with Crippen molar-refractivity contribution in [3.05, 3.63) is 70.3 Å². The Hall–Kier alpha value is -3.88. The number of nitrogens with one attached hydrogen (secondary N) is 1. The molecule has 0 unspecified atom stereocenters. The number of benzene rings is 1. The Balaban J connectivity index is 1.98. The molecule has 0 aliphatic heterocycles. The lowest BCUT2D eigenvalue weighted by Crippen LogP contribution is -2.46. The van der Waals surface area contributed by atoms with E-state index in [9.17, 15) is 14.4 Å². The van der Waals surface area contributed by atoms with Crippen LogP contribution in [0.25, 0.3) is 10.9 Å². The van der Waals surface area contributed by atoms with E-state index in [4.69, 9.17) is 14.2 Å². The number of methoxy groups -OCH3 is 2. The van der Waals surface area contributed by atoms with Crippen molar-refractivity contribution in [2.24, 2.45) is 0 Å². The normalized spacial score (nSPS) is 12.1. The molecule has 3 rings (SSSR count). The number of nitrogens with zero attached hydrogens (tertiary/aromatic N) is 2. The monoisotopic (exact) mass is 467 g/mol. The second-order valence-electron chi connectivity index (χ2n) is 8.77. The highest BCUT2D eigenvalue weighted by atomic mass is 16.6. The summed E-state index contributed by atoms with van der Waals surface area (Å²) >= 11 is 0. The molecule has 0 bridgehead atoms. The molecule has 180 valence electrons. The van der Waals surface area contributed by atoms with Gasteiger partial charge >= 0.3 is 12.1 Å². The van der Waals surface area contributed by atoms with Gasteiger partial charge in [-0.2, -0.15) is 0 Å². The number of esters is 1. The van der Waals surface area contributed by atoms with Crippen LogP contribution in [-0.4, -0.2) is 47.5 Å². The first-order valence-corrected chi connectivity index (χ1v) is 10.8. The SMILES string of the molecule is COC(=O)[C@H](Cc1cc2cnccc2n(Cc2ccc(OC)cc2)c1=O)NC(=O)OC(C)(C)C. The van der Waals surface area contributed by atoms with E-state index in [2.05, 4.69) is 10.3 Å². The fourth-order valence-corrected chi connectivity index (χ4v) is 3.51. The van der Waals surface area contributed by atoms with Gasteiger partial charge in [0.2, 0.25) is 0 Å². The van der Waals surface area contributed by atoms with Gasteiger partial charge in [-0.3, -0.25) is 9.78 Å². The first-order valence-electron chi connectivity index (χ1n) is 10.8. The minimum absolute atomic E-state index is 0.0712. The average molecular weight is 468 g/mol. The van der Waals surface area contributed by atoms with Crippen molar-refractivity contribution in [1.82, 2.24) is 14.9 Å². The summed E-state index contributed by atoms with van der Waals surface area (Å²) in [5.74, 6) is 0.0336. The lowest BCUT2D eigenvalue weighted by Gasteiger charge is -2.23. The number of fused-ring (bicyclic) bond motifs is 1. The van der Waals surface area contributed by atoms with Gasteiger partial charge in [0.1, 0.15) is 17.4 Å². The third-order valence-corrected chi connectivity index (χ3v) is 5.07. The first kappa shape index (κ1) is 24.8. The summed E-state index contributed by atoms with van der Waals surface area (Å²) < 4.78 is 16.9. The summed E-state index contributed by atoms with van der Waals surface area (Å²) in [5, 5.41) is 3.24. The predicted molar refractivity (Wildman–Crippen MR) is 127 cm³/mol. The zero-order valence-electron chi connectivity index (χ0n) is 20.0. The minimum Gasteiger partial charge on any atom is -0.497 e. The van der Waals surface area contributed by atoms with E-state index in [0.717, 1.165) is 10.9 Å². The number of alkyl carbamates (subject to hydrolysis) is 1. The second kappa shape index (κ2) is 10.4. The highest BCUT2D eigenvalue weighted by molar-refractivity contribution is 5.82. The Kier molecular flexibility index (Phi) is 7.55. The third-order valence-electron chi connectivity index (χ3n) is 5.07. The van der Waals surface area contributed by atoms with Gasteiger partial charge in [-0.05, 0) is 50.6 Å². The quantitative estimate of drug-likeness (QED) is 0.532. The van der Waals surface area contributed by atoms with Crippen LogP contribution in [0.3, 0.4) is 0 Å². The molecule has 2 heterocycles. The number of pyridine rings is 2. The van der Waals surface area contributed by atoms with Crippen LogP contribution in [0.15, 0.2) is 53.6 Å². The zero-order valence-corrected chi connectivity index (χ0v) is 20.0. The minimum atomic E-state index is -1.10. The summed E-state index contributed by atoms with van der Waals surface area (Å²) in [6.45, 7) is 5.45. The van der Waals surface area contributed by atoms with E-state index in [-0.39, 0.29) is 12.0 Å². The van der Waals surface area contributed by atoms with Crippen LogP contribution in [0.2, 0.25) is 0 Å². The van der Waals surface area contributed by atoms with Crippen LogP contribution < -0.4 is 15.6 Å². The van der Waals surface area contributed by atoms with Crippen molar-refractivity contribution in [1.29, 1.82) is 0 Å². The van der Waals surface area contributed by atoms with Gasteiger partial charge in [-0.25, -0.2) is 9.59 Å². The molecule has 0 aliphatic carbocycles. The van der Waals surface area contributed by atoms with E-state index in [1.54, 1.807) is 57.0 Å². The number of hydrogen-bond donors (Lipinski definition) is 1. The zero-order chi connectivity index (χ0) is 24.9. The van der Waals surface area contributed by atoms with E-state index in [1.807, 2.05) is 24.3 Å². The Labute approximate surface area is 197 Å². The highest BCUT2D eigenvalue weighted by Crippen LogP contribution is 2.17. The second-order valence-corrected chi connectivity index (χ2v) is 8.77. The number of amides is 1. The highest BCUT2D eigenvalue weighted by Gasteiger charge is 2.27. The molecule has 34 heavy (non-hydrogen) atoms. The van der Waals surface area contributed by atoms with E-state index in [1.165, 1.54) is 7.11 Å². The molecule has 2 aromatic heterocycles. The molecular formula is C25H29N3O6. The average Bonchev–Trinajstić information content (AvgIpc) is 2.79. The molecular weight excluding hydrogens is 438 g/mol. The van der Waals surface area contributed by atoms with Crippen molar-refractivity contribution in [2.45, 2.75) is 45.4 Å². The van der Waals surface area contributed by atoms with Crippen molar-refractivity contribution in [3.63, 3.8) is 0 Å². The first-order chi connectivity index (χ1) is 16.1. The largest absolute Gasteiger partial charge is 0.497 e. The molecule has 0 saturated heterocycles. The van der Waals surface area contributed by atoms with Gasteiger partial charge in [0.25, 0.3) is 5.56 Å². The fraction of sp³-hybridized carbons (Fsp3) is 0.360. The Morgan fingerprint density at radius 1 is 1.12 bits per heavy atom. The summed E-state index contributed by atoms with van der Waals surface area (Å²) in [5.41, 5.74) is 0.906. The van der Waals surface area contributed by atoms with Crippen LogP contribution >= 0.6 is 0 Å². The fourth-order valence-electron chi connectivity index (χ4n) is 3.51. The molecule has 3 aromatic rings. The molecule has 1 amide bonds. The van der Waals surface area contributed by atoms with Crippen molar-refractivity contribution < 1.29 is 23.8 Å². The van der Waals surface area contributed by atoms with Crippen molar-refractivity contribution in [2.75, 3.05) is 14.2 Å². The number of carbonyl (C=O) groups excluding carboxylic acids is 2. The lowest BCUT2D eigenvalue weighted by molar-refractivity contribution is -0.143. The molecule has 1 atom stereocenters. The predicted octanol–water partition coefficient (Wildman–Crippen LogP) is 3.06. The Bertz CT molecular complexity index is 1230. The van der Waals surface area contributed by atoms with Crippen LogP contribution in [0.4, 0.5) is 4.79 Å². The van der Waals surface area contributed by atoms with Crippen molar-refractivity contribution in [3.8, 4) is 5.75 Å². The maximum atomic E-state index is 13.5. The van der Waals surface area contributed by atoms with Gasteiger partial charge in [-0.15, -0.1) is 0 Å². The third kappa shape index (κ3) is 6.12. The number of aromatic nitrogens is 2. The molecule has 0 radical (unpaired) electrons. The number of carbonyl (C=O) groups is 2. The number of rotatable bonds is 7. The van der Waals surface area contributed by atoms with Gasteiger partial charge in [0.15, 0.2) is 0 Å². The molecule has 0 fully saturated rings. The summed E-state index contributed by atoms with van der Waals surface area (Å²) in [4.78, 5) is 42.3. The van der Waals surface area contributed by atoms with Crippen LogP contribution in [0.5, 0.6) is 5.75 Å². The molecule has 9 heteroatoms. The van der Waals surface area contributed by atoms with Gasteiger partial charge in [0, 0.05) is 29.8 Å². The van der Waals surface area contributed by atoms with Gasteiger partial charge < -0.3 is 24.1 Å². The van der Waals surface area contributed by atoms with Crippen LogP contribution in [0.1, 0.15) is 31.9 Å². The smallest absolute Gasteiger partial charge is 0.408 e. The van der Waals surface area contributed by atoms with E-state index >= 15 is 0 Å². The Morgan fingerprint density at radius 3 is 2.44 bits per heavy atom. The molecule has 9 nitrogen and oxygen atoms in total. The molecule has 1 aromatic carbocycles. The topological polar surface area (TPSA) is 109 Å². The maximum absolute atomic E-state index is 13.5. The van der Waals surface area contributed by atoms with Crippen LogP contribution in [-0.2, 0) is 27.2 Å². The van der Waals surface area contributed by atoms with Crippen molar-refractivity contribution >= 4 is 23.0 Å². The van der Waals surface area contributed by atoms with E-state index < -0.39 is 23.7 Å². The van der Waals surface area contributed by atoms with Gasteiger partial charge in [0.05, 0.1) is 26.3 Å². The maximum Gasteiger partial charge on any atom is 0.408 e. The summed E-state index contributed by atoms with van der Waals surface area (Å²) in [6, 6.07) is 9.76. The van der Waals surface area contributed by atoms with Crippen LogP contribution in [0, 0.1) is 0 Å². The molecule has 1 N–H and O–H groups in total. The Morgan fingerprint density at radius 2 is 1.82 bits per heavy atom. The molecule has 0 spiro atoms. The number of hydrogen-bond acceptors (Lipinski definition) is 7. The standard InChI is InChI=1S/C25H29N3O6/c1-25(2,3)34-24(31)27-20(23(30)33-5)13-17-12-18-14-26-11-10-21(18)28(22(17)29)15-16-6-8-19(32-4)9-7-16/h6-12,14,20H,13,15H2,1-5H3,(H,27,31)/t20-/m0/s1. The van der Waals surface area contributed by atoms with E-state index in [0.29, 0.717) is 23.4 Å². The molecule has 0 saturated carbocycles. The summed E-state index contributed by atoms with van der Waals surface area (Å²) in [7, 11) is 2.81. The lowest BCUT2D eigenvalue weighted by atomic mass is 10.0. The van der Waals surface area contributed by atoms with Gasteiger partial charge in [-0.1, -0.05) is 12.1 Å². The molecule has 0 aliphatic rings. The summed E-state index contributed by atoms with van der Waals surface area (Å²) in [6.07, 6.45) is 2.42. The number of ether oxygens (including phenoxy) is 3.